The van der Waals surface area contributed by atoms with E-state index in [0.29, 0.717) is 6.04 Å². The molecule has 2 nitrogen and oxygen atoms in total. The predicted octanol–water partition coefficient (Wildman–Crippen LogP) is 3.29. The first-order valence-corrected chi connectivity index (χ1v) is 5.26. The smallest absolute Gasteiger partial charge is 0.120 e. The fourth-order valence-electron chi connectivity index (χ4n) is 1.44. The zero-order valence-electron chi connectivity index (χ0n) is 8.99. The molecular formula is C12H19NO. The topological polar surface area (TPSA) is 25.2 Å². The van der Waals surface area contributed by atoms with Crippen molar-refractivity contribution in [2.24, 2.45) is 0 Å². The van der Waals surface area contributed by atoms with Gasteiger partial charge in [-0.1, -0.05) is 19.1 Å². The maximum absolute atomic E-state index is 5.36. The molecule has 1 N–H and O–H groups in total. The van der Waals surface area contributed by atoms with Crippen molar-refractivity contribution in [2.75, 3.05) is 6.54 Å². The van der Waals surface area contributed by atoms with E-state index in [2.05, 4.69) is 24.4 Å². The van der Waals surface area contributed by atoms with Crippen LogP contribution in [0.1, 0.15) is 38.5 Å². The summed E-state index contributed by atoms with van der Waals surface area (Å²) in [6.07, 6.45) is 8.11. The number of hydrogen-bond acceptors (Lipinski definition) is 2. The van der Waals surface area contributed by atoms with Gasteiger partial charge in [-0.3, -0.25) is 0 Å². The number of furan rings is 1. The average Bonchev–Trinajstić information content (AvgIpc) is 2.71. The molecule has 0 saturated carbocycles. The van der Waals surface area contributed by atoms with Crippen molar-refractivity contribution in [1.29, 1.82) is 0 Å². The zero-order chi connectivity index (χ0) is 10.2. The lowest BCUT2D eigenvalue weighted by atomic mass is 10.1. The van der Waals surface area contributed by atoms with Gasteiger partial charge in [-0.2, -0.15) is 0 Å². The minimum Gasteiger partial charge on any atom is -0.468 e. The van der Waals surface area contributed by atoms with E-state index in [4.69, 9.17) is 4.42 Å². The minimum absolute atomic E-state index is 0.357. The molecule has 0 amide bonds. The van der Waals surface area contributed by atoms with E-state index in [1.807, 2.05) is 19.1 Å². The highest BCUT2D eigenvalue weighted by Crippen LogP contribution is 2.16. The van der Waals surface area contributed by atoms with Crippen LogP contribution in [0.2, 0.25) is 0 Å². The molecule has 78 valence electrons. The Kier molecular flexibility index (Phi) is 5.08. The number of nitrogens with one attached hydrogen (secondary N) is 1. The standard InChI is InChI=1S/C12H19NO/c1-3-5-6-9-13-11(4-2)12-8-7-10-14-12/h3,5,7-8,10-11,13H,4,6,9H2,1-2H3/b5-3+. The summed E-state index contributed by atoms with van der Waals surface area (Å²) in [5.41, 5.74) is 0. The van der Waals surface area contributed by atoms with Crippen molar-refractivity contribution in [3.8, 4) is 0 Å². The van der Waals surface area contributed by atoms with Gasteiger partial charge in [0.2, 0.25) is 0 Å². The van der Waals surface area contributed by atoms with Crippen molar-refractivity contribution < 1.29 is 4.42 Å². The number of rotatable bonds is 6. The summed E-state index contributed by atoms with van der Waals surface area (Å²) in [6.45, 7) is 5.21. The van der Waals surface area contributed by atoms with Crippen molar-refractivity contribution in [1.82, 2.24) is 5.32 Å². The van der Waals surface area contributed by atoms with Gasteiger partial charge in [0.05, 0.1) is 12.3 Å². The molecule has 0 fully saturated rings. The Morgan fingerprint density at radius 2 is 2.43 bits per heavy atom. The van der Waals surface area contributed by atoms with Crippen molar-refractivity contribution >= 4 is 0 Å². The second-order valence-corrected chi connectivity index (χ2v) is 3.29. The Bertz CT molecular complexity index is 251. The van der Waals surface area contributed by atoms with Gasteiger partial charge in [0, 0.05) is 0 Å². The Balaban J connectivity index is 2.33. The second kappa shape index (κ2) is 6.44. The van der Waals surface area contributed by atoms with E-state index < -0.39 is 0 Å². The molecule has 0 aliphatic rings. The summed E-state index contributed by atoms with van der Waals surface area (Å²) >= 11 is 0. The molecule has 0 aromatic carbocycles. The van der Waals surface area contributed by atoms with Crippen LogP contribution in [-0.4, -0.2) is 6.54 Å². The van der Waals surface area contributed by atoms with Crippen LogP contribution in [0.25, 0.3) is 0 Å². The van der Waals surface area contributed by atoms with Crippen LogP contribution >= 0.6 is 0 Å². The summed E-state index contributed by atoms with van der Waals surface area (Å²) < 4.78 is 5.36. The van der Waals surface area contributed by atoms with Gasteiger partial charge in [-0.15, -0.1) is 0 Å². The molecule has 0 saturated heterocycles. The molecule has 1 aromatic rings. The van der Waals surface area contributed by atoms with Crippen LogP contribution in [0, 0.1) is 0 Å². The van der Waals surface area contributed by atoms with Gasteiger partial charge in [0.1, 0.15) is 5.76 Å². The van der Waals surface area contributed by atoms with Crippen LogP contribution < -0.4 is 5.32 Å². The first-order chi connectivity index (χ1) is 6.88. The molecule has 14 heavy (non-hydrogen) atoms. The fraction of sp³-hybridized carbons (Fsp3) is 0.500. The van der Waals surface area contributed by atoms with E-state index in [0.717, 1.165) is 25.1 Å². The second-order valence-electron chi connectivity index (χ2n) is 3.29. The predicted molar refractivity (Wildman–Crippen MR) is 59.2 cm³/mol. The van der Waals surface area contributed by atoms with Crippen LogP contribution in [0.5, 0.6) is 0 Å². The van der Waals surface area contributed by atoms with Gasteiger partial charge in [0.25, 0.3) is 0 Å². The Hall–Kier alpha value is -1.02. The lowest BCUT2D eigenvalue weighted by molar-refractivity contribution is 0.407. The molecule has 1 heterocycles. The summed E-state index contributed by atoms with van der Waals surface area (Å²) in [5, 5.41) is 3.46. The van der Waals surface area contributed by atoms with Crippen molar-refractivity contribution in [2.45, 2.75) is 32.7 Å². The molecule has 2 heteroatoms. The molecule has 1 unspecified atom stereocenters. The molecule has 1 aromatic heterocycles. The molecule has 1 rings (SSSR count). The highest BCUT2D eigenvalue weighted by atomic mass is 16.3. The Labute approximate surface area is 86.0 Å². The van der Waals surface area contributed by atoms with Crippen molar-refractivity contribution in [3.05, 3.63) is 36.3 Å². The quantitative estimate of drug-likeness (QED) is 0.554. The first kappa shape index (κ1) is 11.1. The van der Waals surface area contributed by atoms with Crippen LogP contribution in [0.3, 0.4) is 0 Å². The number of hydrogen-bond donors (Lipinski definition) is 1. The summed E-state index contributed by atoms with van der Waals surface area (Å²) in [7, 11) is 0. The Morgan fingerprint density at radius 1 is 1.57 bits per heavy atom. The zero-order valence-corrected chi connectivity index (χ0v) is 8.99. The third-order valence-corrected chi connectivity index (χ3v) is 2.23. The van der Waals surface area contributed by atoms with Crippen molar-refractivity contribution in [3.63, 3.8) is 0 Å². The maximum Gasteiger partial charge on any atom is 0.120 e. The monoisotopic (exact) mass is 193 g/mol. The fourth-order valence-corrected chi connectivity index (χ4v) is 1.44. The van der Waals surface area contributed by atoms with E-state index in [9.17, 15) is 0 Å². The largest absolute Gasteiger partial charge is 0.468 e. The van der Waals surface area contributed by atoms with E-state index in [1.165, 1.54) is 0 Å². The molecule has 0 aliphatic heterocycles. The summed E-state index contributed by atoms with van der Waals surface area (Å²) in [4.78, 5) is 0. The number of allylic oxidation sites excluding steroid dienone is 1. The van der Waals surface area contributed by atoms with Gasteiger partial charge in [-0.25, -0.2) is 0 Å². The molecule has 0 spiro atoms. The van der Waals surface area contributed by atoms with Gasteiger partial charge in [-0.05, 0) is 38.4 Å². The van der Waals surface area contributed by atoms with Gasteiger partial charge in [0.15, 0.2) is 0 Å². The van der Waals surface area contributed by atoms with E-state index in [-0.39, 0.29) is 0 Å². The molecule has 0 bridgehead atoms. The van der Waals surface area contributed by atoms with E-state index >= 15 is 0 Å². The van der Waals surface area contributed by atoms with Crippen LogP contribution in [0.4, 0.5) is 0 Å². The third-order valence-electron chi connectivity index (χ3n) is 2.23. The van der Waals surface area contributed by atoms with Crippen LogP contribution in [-0.2, 0) is 0 Å². The molecular weight excluding hydrogens is 174 g/mol. The average molecular weight is 193 g/mol. The highest BCUT2D eigenvalue weighted by molar-refractivity contribution is 5.03. The van der Waals surface area contributed by atoms with E-state index in [1.54, 1.807) is 6.26 Å². The SMILES string of the molecule is C/C=C/CCNC(CC)c1ccco1. The first-order valence-electron chi connectivity index (χ1n) is 5.26. The minimum atomic E-state index is 0.357. The molecule has 0 aliphatic carbocycles. The maximum atomic E-state index is 5.36. The lowest BCUT2D eigenvalue weighted by Gasteiger charge is -2.13. The Morgan fingerprint density at radius 3 is 3.00 bits per heavy atom. The summed E-state index contributed by atoms with van der Waals surface area (Å²) in [6, 6.07) is 4.32. The highest BCUT2D eigenvalue weighted by Gasteiger charge is 2.09. The molecule has 0 radical (unpaired) electrons. The summed E-state index contributed by atoms with van der Waals surface area (Å²) in [5.74, 6) is 1.04. The van der Waals surface area contributed by atoms with Gasteiger partial charge < -0.3 is 9.73 Å². The normalized spacial score (nSPS) is 13.6. The lowest BCUT2D eigenvalue weighted by Crippen LogP contribution is -2.21. The van der Waals surface area contributed by atoms with Crippen LogP contribution in [0.15, 0.2) is 35.0 Å². The van der Waals surface area contributed by atoms with Gasteiger partial charge >= 0.3 is 0 Å². The molecule has 1 atom stereocenters. The third kappa shape index (κ3) is 3.38.